The molecule has 1 heterocycles. The van der Waals surface area contributed by atoms with E-state index in [1.807, 2.05) is 58.0 Å². The maximum atomic E-state index is 12.4. The molecule has 1 amide bonds. The molecule has 5 heteroatoms. The number of hydrogen-bond acceptors (Lipinski definition) is 3. The Balaban J connectivity index is 2.12. The summed E-state index contributed by atoms with van der Waals surface area (Å²) in [4.78, 5) is 12.4. The molecule has 0 atom stereocenters. The van der Waals surface area contributed by atoms with E-state index >= 15 is 0 Å². The second kappa shape index (κ2) is 5.33. The summed E-state index contributed by atoms with van der Waals surface area (Å²) in [6.45, 7) is 7.41. The number of amides is 1. The van der Waals surface area contributed by atoms with Crippen LogP contribution in [0.3, 0.4) is 0 Å². The average molecular weight is 286 g/mol. The van der Waals surface area contributed by atoms with Crippen molar-refractivity contribution in [1.82, 2.24) is 10.2 Å². The first-order chi connectivity index (χ1) is 9.72. The molecule has 21 heavy (non-hydrogen) atoms. The fourth-order valence-electron chi connectivity index (χ4n) is 1.73. The topological polar surface area (TPSA) is 83.8 Å². The van der Waals surface area contributed by atoms with Crippen LogP contribution in [0.2, 0.25) is 0 Å². The molecule has 0 fully saturated rings. The van der Waals surface area contributed by atoms with Crippen LogP contribution in [0, 0.1) is 5.41 Å². The number of nitrogens with one attached hydrogen (secondary N) is 2. The number of benzene rings is 1. The molecule has 0 radical (unpaired) electrons. The molecule has 1 aromatic carbocycles. The minimum atomic E-state index is -0.672. The summed E-state index contributed by atoms with van der Waals surface area (Å²) in [5.74, 6) is -0.0932. The Morgan fingerprint density at radius 2 is 1.76 bits per heavy atom. The van der Waals surface area contributed by atoms with Crippen LogP contribution in [0.5, 0.6) is 0 Å². The maximum Gasteiger partial charge on any atom is 0.231 e. The van der Waals surface area contributed by atoms with Gasteiger partial charge in [0.1, 0.15) is 0 Å². The Hall–Kier alpha value is -2.14. The van der Waals surface area contributed by atoms with E-state index < -0.39 is 11.0 Å². The molecule has 0 unspecified atom stereocenters. The first-order valence-electron chi connectivity index (χ1n) is 6.92. The van der Waals surface area contributed by atoms with Crippen molar-refractivity contribution >= 4 is 11.6 Å². The van der Waals surface area contributed by atoms with Crippen molar-refractivity contribution in [2.75, 3.05) is 5.32 Å². The van der Waals surface area contributed by atoms with Gasteiger partial charge in [-0.2, -0.15) is 5.10 Å². The van der Waals surface area contributed by atoms with Crippen molar-refractivity contribution in [2.24, 2.45) is 11.1 Å². The van der Waals surface area contributed by atoms with Gasteiger partial charge in [0.05, 0.1) is 11.1 Å². The fraction of sp³-hybridized carbons (Fsp3) is 0.375. The van der Waals surface area contributed by atoms with E-state index in [1.54, 1.807) is 6.20 Å². The predicted octanol–water partition coefficient (Wildman–Crippen LogP) is 2.78. The van der Waals surface area contributed by atoms with Gasteiger partial charge >= 0.3 is 0 Å². The van der Waals surface area contributed by atoms with Crippen LogP contribution < -0.4 is 11.1 Å². The molecular weight excluding hydrogens is 264 g/mol. The van der Waals surface area contributed by atoms with Gasteiger partial charge in [-0.3, -0.25) is 9.89 Å². The van der Waals surface area contributed by atoms with Gasteiger partial charge in [-0.15, -0.1) is 0 Å². The summed E-state index contributed by atoms with van der Waals surface area (Å²) in [5.41, 5.74) is 7.52. The molecule has 0 aliphatic rings. The van der Waals surface area contributed by atoms with Crippen molar-refractivity contribution in [3.63, 3.8) is 0 Å². The Bertz CT molecular complexity index is 607. The van der Waals surface area contributed by atoms with Gasteiger partial charge in [0, 0.05) is 17.4 Å². The molecule has 1 aromatic heterocycles. The highest BCUT2D eigenvalue weighted by Crippen LogP contribution is 2.30. The van der Waals surface area contributed by atoms with Crippen LogP contribution >= 0.6 is 0 Å². The summed E-state index contributed by atoms with van der Waals surface area (Å²) in [5, 5.41) is 9.74. The number of aromatic nitrogens is 2. The second-order valence-electron chi connectivity index (χ2n) is 6.35. The van der Waals surface area contributed by atoms with Crippen LogP contribution in [0.1, 0.15) is 27.7 Å². The average Bonchev–Trinajstić information content (AvgIpc) is 2.92. The number of hydrogen-bond donors (Lipinski definition) is 3. The number of aromatic amines is 1. The highest BCUT2D eigenvalue weighted by Gasteiger charge is 2.40. The van der Waals surface area contributed by atoms with Crippen LogP contribution in [0.4, 0.5) is 5.69 Å². The second-order valence-corrected chi connectivity index (χ2v) is 6.35. The van der Waals surface area contributed by atoms with Gasteiger partial charge in [-0.25, -0.2) is 0 Å². The van der Waals surface area contributed by atoms with E-state index in [0.29, 0.717) is 0 Å². The quantitative estimate of drug-likeness (QED) is 0.808. The van der Waals surface area contributed by atoms with E-state index in [-0.39, 0.29) is 5.91 Å². The van der Waals surface area contributed by atoms with Gasteiger partial charge in [0.25, 0.3) is 0 Å². The maximum absolute atomic E-state index is 12.4. The summed E-state index contributed by atoms with van der Waals surface area (Å²) < 4.78 is 0. The van der Waals surface area contributed by atoms with Crippen molar-refractivity contribution in [1.29, 1.82) is 0 Å². The van der Waals surface area contributed by atoms with Crippen LogP contribution in [0.25, 0.3) is 11.3 Å². The standard InChI is InChI=1S/C16H22N4O/c1-15(2,16(3,4)17)14(21)19-12-7-5-11(6-8-12)13-9-10-18-20-13/h5-10H,17H2,1-4H3,(H,18,20)(H,19,21). The minimum absolute atomic E-state index is 0.0932. The monoisotopic (exact) mass is 286 g/mol. The Morgan fingerprint density at radius 1 is 1.14 bits per heavy atom. The van der Waals surface area contributed by atoms with Gasteiger partial charge in [0.2, 0.25) is 5.91 Å². The lowest BCUT2D eigenvalue weighted by Gasteiger charge is -2.36. The molecule has 5 nitrogen and oxygen atoms in total. The zero-order chi connectivity index (χ0) is 15.7. The van der Waals surface area contributed by atoms with Crippen LogP contribution in [0.15, 0.2) is 36.5 Å². The predicted molar refractivity (Wildman–Crippen MR) is 84.7 cm³/mol. The lowest BCUT2D eigenvalue weighted by molar-refractivity contribution is -0.126. The molecule has 0 bridgehead atoms. The Labute approximate surface area is 124 Å². The van der Waals surface area contributed by atoms with Gasteiger partial charge in [-0.05, 0) is 51.5 Å². The molecule has 0 aliphatic heterocycles. The number of carbonyl (C=O) groups excluding carboxylic acids is 1. The molecule has 0 saturated heterocycles. The first-order valence-corrected chi connectivity index (χ1v) is 6.92. The van der Waals surface area contributed by atoms with Gasteiger partial charge in [-0.1, -0.05) is 12.1 Å². The number of carbonyl (C=O) groups is 1. The van der Waals surface area contributed by atoms with Gasteiger partial charge in [0.15, 0.2) is 0 Å². The zero-order valence-electron chi connectivity index (χ0n) is 12.9. The normalized spacial score (nSPS) is 12.2. The summed E-state index contributed by atoms with van der Waals surface area (Å²) in [7, 11) is 0. The van der Waals surface area contributed by atoms with Gasteiger partial charge < -0.3 is 11.1 Å². The molecule has 0 saturated carbocycles. The zero-order valence-corrected chi connectivity index (χ0v) is 12.9. The first kappa shape index (κ1) is 15.3. The molecule has 112 valence electrons. The van der Waals surface area contributed by atoms with Crippen molar-refractivity contribution < 1.29 is 4.79 Å². The van der Waals surface area contributed by atoms with E-state index in [1.165, 1.54) is 0 Å². The smallest absolute Gasteiger partial charge is 0.231 e. The summed E-state index contributed by atoms with van der Waals surface area (Å²) in [6.07, 6.45) is 1.71. The molecule has 2 aromatic rings. The van der Waals surface area contributed by atoms with E-state index in [0.717, 1.165) is 16.9 Å². The largest absolute Gasteiger partial charge is 0.326 e. The molecular formula is C16H22N4O. The number of anilines is 1. The molecule has 0 aliphatic carbocycles. The Morgan fingerprint density at radius 3 is 2.24 bits per heavy atom. The van der Waals surface area contributed by atoms with E-state index in [2.05, 4.69) is 15.5 Å². The highest BCUT2D eigenvalue weighted by atomic mass is 16.2. The van der Waals surface area contributed by atoms with Crippen molar-refractivity contribution in [2.45, 2.75) is 33.2 Å². The number of nitrogens with two attached hydrogens (primary N) is 1. The minimum Gasteiger partial charge on any atom is -0.326 e. The fourth-order valence-corrected chi connectivity index (χ4v) is 1.73. The molecule has 2 rings (SSSR count). The SMILES string of the molecule is CC(C)(N)C(C)(C)C(=O)Nc1ccc(-c2ccn[nH]2)cc1. The third kappa shape index (κ3) is 3.13. The lowest BCUT2D eigenvalue weighted by atomic mass is 9.74. The van der Waals surface area contributed by atoms with Crippen molar-refractivity contribution in [3.8, 4) is 11.3 Å². The molecule has 4 N–H and O–H groups in total. The summed E-state index contributed by atoms with van der Waals surface area (Å²) in [6, 6.07) is 9.50. The third-order valence-electron chi connectivity index (χ3n) is 4.13. The van der Waals surface area contributed by atoms with E-state index in [4.69, 9.17) is 5.73 Å². The molecule has 0 spiro atoms. The number of nitrogens with zero attached hydrogens (tertiary/aromatic N) is 1. The van der Waals surface area contributed by atoms with Crippen LogP contribution in [-0.4, -0.2) is 21.6 Å². The lowest BCUT2D eigenvalue weighted by Crippen LogP contribution is -2.53. The Kier molecular flexibility index (Phi) is 3.87. The number of rotatable bonds is 4. The third-order valence-corrected chi connectivity index (χ3v) is 4.13. The number of H-pyrrole nitrogens is 1. The van der Waals surface area contributed by atoms with Crippen molar-refractivity contribution in [3.05, 3.63) is 36.5 Å². The summed E-state index contributed by atoms with van der Waals surface area (Å²) >= 11 is 0. The van der Waals surface area contributed by atoms with Crippen LogP contribution in [-0.2, 0) is 4.79 Å². The van der Waals surface area contributed by atoms with E-state index in [9.17, 15) is 4.79 Å². The highest BCUT2D eigenvalue weighted by molar-refractivity contribution is 5.95.